The fourth-order valence-corrected chi connectivity index (χ4v) is 2.34. The normalized spacial score (nSPS) is 10.5. The van der Waals surface area contributed by atoms with E-state index < -0.39 is 24.4 Å². The maximum atomic E-state index is 12.5. The van der Waals surface area contributed by atoms with Crippen molar-refractivity contribution in [2.75, 3.05) is 13.2 Å². The Bertz CT molecular complexity index is 966. The Morgan fingerprint density at radius 2 is 1.96 bits per heavy atom. The molecule has 2 aromatic heterocycles. The van der Waals surface area contributed by atoms with Crippen LogP contribution in [0.5, 0.6) is 0 Å². The van der Waals surface area contributed by atoms with Crippen LogP contribution in [-0.4, -0.2) is 35.9 Å². The van der Waals surface area contributed by atoms with Gasteiger partial charge in [-0.25, -0.2) is 9.78 Å². The number of hydrogen-bond donors (Lipinski definition) is 2. The highest BCUT2D eigenvalue weighted by Crippen LogP contribution is 2.25. The molecule has 0 aliphatic rings. The maximum absolute atomic E-state index is 12.5. The maximum Gasteiger partial charge on any atom is 0.339 e. The Balaban J connectivity index is 1.85. The van der Waals surface area contributed by atoms with Gasteiger partial charge in [0.2, 0.25) is 5.91 Å². The minimum absolute atomic E-state index is 0.254. The zero-order valence-corrected chi connectivity index (χ0v) is 13.6. The first-order valence-electron chi connectivity index (χ1n) is 7.70. The van der Waals surface area contributed by atoms with E-state index >= 15 is 0 Å². The van der Waals surface area contributed by atoms with Gasteiger partial charge in [-0.05, 0) is 24.3 Å². The van der Waals surface area contributed by atoms with Crippen molar-refractivity contribution in [2.24, 2.45) is 5.73 Å². The van der Waals surface area contributed by atoms with Crippen LogP contribution in [0.2, 0.25) is 0 Å². The highest BCUT2D eigenvalue weighted by molar-refractivity contribution is 6.05. The number of nitrogens with zero attached hydrogens (tertiary/aromatic N) is 1. The molecule has 0 fully saturated rings. The molecule has 2 heterocycles. The number of furan rings is 1. The van der Waals surface area contributed by atoms with Crippen LogP contribution in [0.1, 0.15) is 10.4 Å². The van der Waals surface area contributed by atoms with Crippen LogP contribution in [0.15, 0.2) is 53.1 Å². The zero-order chi connectivity index (χ0) is 18.5. The van der Waals surface area contributed by atoms with E-state index in [1.807, 2.05) is 0 Å². The summed E-state index contributed by atoms with van der Waals surface area (Å²) in [5, 5.41) is 2.83. The Kier molecular flexibility index (Phi) is 4.93. The molecular formula is C18H15N3O5. The average molecular weight is 353 g/mol. The number of pyridine rings is 1. The van der Waals surface area contributed by atoms with Gasteiger partial charge in [0, 0.05) is 5.39 Å². The monoisotopic (exact) mass is 353 g/mol. The lowest BCUT2D eigenvalue weighted by molar-refractivity contribution is -0.127. The van der Waals surface area contributed by atoms with Gasteiger partial charge in [-0.1, -0.05) is 18.2 Å². The van der Waals surface area contributed by atoms with Gasteiger partial charge in [0.25, 0.3) is 5.91 Å². The highest BCUT2D eigenvalue weighted by atomic mass is 16.5. The Labute approximate surface area is 147 Å². The number of ether oxygens (including phenoxy) is 1. The smallest absolute Gasteiger partial charge is 0.339 e. The first-order chi connectivity index (χ1) is 12.5. The van der Waals surface area contributed by atoms with Crippen LogP contribution in [0.4, 0.5) is 0 Å². The summed E-state index contributed by atoms with van der Waals surface area (Å²) in [5.74, 6) is -1.50. The molecule has 0 bridgehead atoms. The summed E-state index contributed by atoms with van der Waals surface area (Å²) in [7, 11) is 0. The number of carbonyl (C=O) groups excluding carboxylic acids is 3. The van der Waals surface area contributed by atoms with E-state index in [1.165, 1.54) is 6.26 Å². The summed E-state index contributed by atoms with van der Waals surface area (Å²) in [6, 6.07) is 12.1. The van der Waals surface area contributed by atoms with Crippen LogP contribution in [0.25, 0.3) is 22.4 Å². The third-order valence-corrected chi connectivity index (χ3v) is 3.50. The van der Waals surface area contributed by atoms with E-state index in [0.29, 0.717) is 22.4 Å². The largest absolute Gasteiger partial charge is 0.463 e. The van der Waals surface area contributed by atoms with Gasteiger partial charge in [0.05, 0.1) is 23.9 Å². The molecule has 8 nitrogen and oxygen atoms in total. The lowest BCUT2D eigenvalue weighted by Gasteiger charge is -2.09. The lowest BCUT2D eigenvalue weighted by atomic mass is 10.1. The number of primary amides is 1. The Morgan fingerprint density at radius 1 is 1.15 bits per heavy atom. The van der Waals surface area contributed by atoms with Gasteiger partial charge in [-0.2, -0.15) is 0 Å². The van der Waals surface area contributed by atoms with Gasteiger partial charge in [-0.15, -0.1) is 0 Å². The number of rotatable bonds is 6. The van der Waals surface area contributed by atoms with E-state index in [1.54, 1.807) is 42.5 Å². The van der Waals surface area contributed by atoms with Crippen molar-refractivity contribution in [1.82, 2.24) is 10.3 Å². The van der Waals surface area contributed by atoms with Crippen molar-refractivity contribution in [3.05, 3.63) is 54.3 Å². The minimum atomic E-state index is -0.689. The van der Waals surface area contributed by atoms with Crippen LogP contribution in [0.3, 0.4) is 0 Å². The summed E-state index contributed by atoms with van der Waals surface area (Å²) >= 11 is 0. The molecule has 3 N–H and O–H groups in total. The molecule has 0 atom stereocenters. The van der Waals surface area contributed by atoms with E-state index in [0.717, 1.165) is 0 Å². The fourth-order valence-electron chi connectivity index (χ4n) is 2.34. The lowest BCUT2D eigenvalue weighted by Crippen LogP contribution is -2.36. The molecule has 132 valence electrons. The summed E-state index contributed by atoms with van der Waals surface area (Å²) in [5.41, 5.74) is 6.25. The molecule has 8 heteroatoms. The van der Waals surface area contributed by atoms with Crippen LogP contribution >= 0.6 is 0 Å². The molecule has 0 saturated heterocycles. The van der Waals surface area contributed by atoms with E-state index in [4.69, 9.17) is 14.9 Å². The molecule has 0 aliphatic carbocycles. The standard InChI is InChI=1S/C18H15N3O5/c19-16(22)9-20-17(23)10-26-18(24)12-8-14(15-6-3-7-25-15)21-13-5-2-1-4-11(12)13/h1-8H,9-10H2,(H2,19,22)(H,20,23). The molecule has 0 unspecified atom stereocenters. The Hall–Kier alpha value is -3.68. The Morgan fingerprint density at radius 3 is 2.69 bits per heavy atom. The topological polar surface area (TPSA) is 125 Å². The van der Waals surface area contributed by atoms with E-state index in [9.17, 15) is 14.4 Å². The molecule has 2 amide bonds. The van der Waals surface area contributed by atoms with Crippen LogP contribution < -0.4 is 11.1 Å². The van der Waals surface area contributed by atoms with Crippen molar-refractivity contribution < 1.29 is 23.5 Å². The number of amides is 2. The summed E-state index contributed by atoms with van der Waals surface area (Å²) in [6.45, 7) is -0.851. The first-order valence-corrected chi connectivity index (χ1v) is 7.70. The van der Waals surface area contributed by atoms with Crippen LogP contribution in [0, 0.1) is 0 Å². The molecule has 0 aliphatic heterocycles. The fraction of sp³-hybridized carbons (Fsp3) is 0.111. The van der Waals surface area contributed by atoms with Crippen LogP contribution in [-0.2, 0) is 14.3 Å². The number of nitrogens with two attached hydrogens (primary N) is 1. The molecule has 0 radical (unpaired) electrons. The summed E-state index contributed by atoms with van der Waals surface area (Å²) in [4.78, 5) is 39.2. The number of hydrogen-bond acceptors (Lipinski definition) is 6. The average Bonchev–Trinajstić information content (AvgIpc) is 3.18. The highest BCUT2D eigenvalue weighted by Gasteiger charge is 2.17. The minimum Gasteiger partial charge on any atom is -0.463 e. The molecule has 0 spiro atoms. The number of benzene rings is 1. The second-order valence-electron chi connectivity index (χ2n) is 5.37. The second-order valence-corrected chi connectivity index (χ2v) is 5.37. The number of nitrogens with one attached hydrogen (secondary N) is 1. The molecule has 3 rings (SSSR count). The van der Waals surface area contributed by atoms with Crippen molar-refractivity contribution >= 4 is 28.7 Å². The third-order valence-electron chi connectivity index (χ3n) is 3.50. The van der Waals surface area contributed by atoms with Crippen molar-refractivity contribution in [3.8, 4) is 11.5 Å². The molecule has 26 heavy (non-hydrogen) atoms. The van der Waals surface area contributed by atoms with E-state index in [-0.39, 0.29) is 12.1 Å². The SMILES string of the molecule is NC(=O)CNC(=O)COC(=O)c1cc(-c2ccco2)nc2ccccc12. The second kappa shape index (κ2) is 7.47. The van der Waals surface area contributed by atoms with Gasteiger partial charge in [-0.3, -0.25) is 9.59 Å². The number of aromatic nitrogens is 1. The van der Waals surface area contributed by atoms with Crippen molar-refractivity contribution in [2.45, 2.75) is 0 Å². The van der Waals surface area contributed by atoms with Gasteiger partial charge in [0.1, 0.15) is 5.69 Å². The number of esters is 1. The third kappa shape index (κ3) is 3.86. The molecule has 0 saturated carbocycles. The van der Waals surface area contributed by atoms with Gasteiger partial charge < -0.3 is 20.2 Å². The van der Waals surface area contributed by atoms with E-state index in [2.05, 4.69) is 10.3 Å². The molecular weight excluding hydrogens is 338 g/mol. The number of fused-ring (bicyclic) bond motifs is 1. The summed E-state index contributed by atoms with van der Waals surface area (Å²) < 4.78 is 10.4. The zero-order valence-electron chi connectivity index (χ0n) is 13.6. The quantitative estimate of drug-likeness (QED) is 0.643. The summed E-state index contributed by atoms with van der Waals surface area (Å²) in [6.07, 6.45) is 1.51. The predicted molar refractivity (Wildman–Crippen MR) is 91.9 cm³/mol. The number of para-hydroxylation sites is 1. The van der Waals surface area contributed by atoms with Crippen molar-refractivity contribution in [3.63, 3.8) is 0 Å². The first kappa shape index (κ1) is 17.2. The van der Waals surface area contributed by atoms with Crippen molar-refractivity contribution in [1.29, 1.82) is 0 Å². The number of carbonyl (C=O) groups is 3. The molecule has 1 aromatic carbocycles. The van der Waals surface area contributed by atoms with Gasteiger partial charge in [0.15, 0.2) is 12.4 Å². The van der Waals surface area contributed by atoms with Gasteiger partial charge >= 0.3 is 5.97 Å². The predicted octanol–water partition coefficient (Wildman–Crippen LogP) is 1.25. The molecule has 3 aromatic rings.